The highest BCUT2D eigenvalue weighted by molar-refractivity contribution is 7.99. The molecule has 2 N–H and O–H groups in total. The first-order chi connectivity index (χ1) is 10.1. The minimum absolute atomic E-state index is 0.132. The average molecular weight is 307 g/mol. The molecule has 0 spiro atoms. The van der Waals surface area contributed by atoms with E-state index in [1.807, 2.05) is 0 Å². The molecule has 3 amide bonds. The van der Waals surface area contributed by atoms with Gasteiger partial charge in [0.2, 0.25) is 5.91 Å². The van der Waals surface area contributed by atoms with E-state index < -0.39 is 12.1 Å². The Hall–Kier alpha value is -2.20. The highest BCUT2D eigenvalue weighted by atomic mass is 32.2. The summed E-state index contributed by atoms with van der Waals surface area (Å²) in [5.41, 5.74) is 0.473. The van der Waals surface area contributed by atoms with Gasteiger partial charge in [-0.15, -0.1) is 18.2 Å². The van der Waals surface area contributed by atoms with Crippen LogP contribution in [0.4, 0.5) is 14.9 Å². The van der Waals surface area contributed by atoms with Crippen LogP contribution in [0.3, 0.4) is 0 Å². The maximum Gasteiger partial charge on any atom is 0.323 e. The van der Waals surface area contributed by atoms with Crippen LogP contribution in [0.5, 0.6) is 0 Å². The van der Waals surface area contributed by atoms with Gasteiger partial charge < -0.3 is 15.5 Å². The summed E-state index contributed by atoms with van der Waals surface area (Å²) in [5.74, 6) is 2.61. The van der Waals surface area contributed by atoms with Gasteiger partial charge in [-0.1, -0.05) is 5.92 Å². The first-order valence-electron chi connectivity index (χ1n) is 6.24. The van der Waals surface area contributed by atoms with Crippen LogP contribution in [0, 0.1) is 18.2 Å². The van der Waals surface area contributed by atoms with Crippen molar-refractivity contribution in [1.29, 1.82) is 0 Å². The molecule has 1 aromatic rings. The number of halogens is 1. The van der Waals surface area contributed by atoms with E-state index in [1.165, 1.54) is 40.9 Å². The monoisotopic (exact) mass is 307 g/mol. The lowest BCUT2D eigenvalue weighted by Crippen LogP contribution is -2.48. The summed E-state index contributed by atoms with van der Waals surface area (Å²) in [6.07, 6.45) is 5.09. The van der Waals surface area contributed by atoms with Gasteiger partial charge >= 0.3 is 6.03 Å². The third-order valence-corrected chi connectivity index (χ3v) is 3.92. The predicted octanol–water partition coefficient (Wildman–Crippen LogP) is 1.48. The van der Waals surface area contributed by atoms with Crippen LogP contribution in [-0.2, 0) is 4.79 Å². The lowest BCUT2D eigenvalue weighted by atomic mass is 10.2. The number of anilines is 1. The molecule has 1 heterocycles. The number of hydrogen-bond acceptors (Lipinski definition) is 3. The maximum atomic E-state index is 12.8. The molecule has 0 unspecified atom stereocenters. The topological polar surface area (TPSA) is 61.4 Å². The molecule has 1 aromatic carbocycles. The Kier molecular flexibility index (Phi) is 5.06. The van der Waals surface area contributed by atoms with Crippen LogP contribution in [0.25, 0.3) is 0 Å². The number of nitrogens with zero attached hydrogens (tertiary/aromatic N) is 1. The Balaban J connectivity index is 1.99. The summed E-state index contributed by atoms with van der Waals surface area (Å²) < 4.78 is 12.8. The van der Waals surface area contributed by atoms with E-state index in [0.29, 0.717) is 17.3 Å². The van der Waals surface area contributed by atoms with Gasteiger partial charge in [0.1, 0.15) is 11.9 Å². The number of rotatable bonds is 3. The van der Waals surface area contributed by atoms with Gasteiger partial charge in [-0.3, -0.25) is 4.79 Å². The quantitative estimate of drug-likeness (QED) is 0.832. The molecule has 2 rings (SSSR count). The molecule has 1 fully saturated rings. The van der Waals surface area contributed by atoms with Gasteiger partial charge in [0.05, 0.1) is 12.4 Å². The Labute approximate surface area is 126 Å². The second kappa shape index (κ2) is 6.99. The second-order valence-corrected chi connectivity index (χ2v) is 5.34. The summed E-state index contributed by atoms with van der Waals surface area (Å²) in [7, 11) is 0. The fourth-order valence-electron chi connectivity index (χ4n) is 1.84. The van der Waals surface area contributed by atoms with Crippen LogP contribution in [-0.4, -0.2) is 41.1 Å². The van der Waals surface area contributed by atoms with Gasteiger partial charge in [-0.05, 0) is 24.3 Å². The largest absolute Gasteiger partial charge is 0.343 e. The van der Waals surface area contributed by atoms with Crippen molar-refractivity contribution in [3.05, 3.63) is 30.1 Å². The maximum absolute atomic E-state index is 12.8. The molecular formula is C14H14FN3O2S. The minimum Gasteiger partial charge on any atom is -0.343 e. The number of benzene rings is 1. The normalized spacial score (nSPS) is 17.1. The zero-order valence-corrected chi connectivity index (χ0v) is 12.0. The van der Waals surface area contributed by atoms with Crippen LogP contribution in [0.15, 0.2) is 24.3 Å². The molecule has 0 bridgehead atoms. The Bertz CT molecular complexity index is 571. The zero-order chi connectivity index (χ0) is 15.2. The number of urea groups is 1. The standard InChI is InChI=1S/C14H14FN3O2S/c1-2-7-16-13(19)12-8-21-9-18(12)14(20)17-11-5-3-10(15)4-6-11/h1,3-6,12H,7-9H2,(H,16,19)(H,17,20)/t12-/m0/s1. The third kappa shape index (κ3) is 3.89. The molecule has 1 saturated heterocycles. The summed E-state index contributed by atoms with van der Waals surface area (Å²) in [4.78, 5) is 25.5. The van der Waals surface area contributed by atoms with E-state index >= 15 is 0 Å². The van der Waals surface area contributed by atoms with Crippen molar-refractivity contribution in [1.82, 2.24) is 10.2 Å². The van der Waals surface area contributed by atoms with Crippen molar-refractivity contribution in [2.75, 3.05) is 23.5 Å². The number of terminal acetylenes is 1. The molecule has 7 heteroatoms. The molecule has 1 aliphatic heterocycles. The first kappa shape index (κ1) is 15.2. The Morgan fingerprint density at radius 2 is 2.14 bits per heavy atom. The van der Waals surface area contributed by atoms with Gasteiger partial charge in [0, 0.05) is 11.4 Å². The number of hydrogen-bond donors (Lipinski definition) is 2. The first-order valence-corrected chi connectivity index (χ1v) is 7.39. The van der Waals surface area contributed by atoms with Crippen LogP contribution >= 0.6 is 11.8 Å². The van der Waals surface area contributed by atoms with E-state index in [9.17, 15) is 14.0 Å². The SMILES string of the molecule is C#CCNC(=O)[C@@H]1CSCN1C(=O)Nc1ccc(F)cc1. The lowest BCUT2D eigenvalue weighted by molar-refractivity contribution is -0.124. The van der Waals surface area contributed by atoms with E-state index in [4.69, 9.17) is 6.42 Å². The molecule has 110 valence electrons. The average Bonchev–Trinajstić information content (AvgIpc) is 2.96. The molecule has 0 radical (unpaired) electrons. The van der Waals surface area contributed by atoms with Gasteiger partial charge in [0.25, 0.3) is 0 Å². The highest BCUT2D eigenvalue weighted by Gasteiger charge is 2.34. The van der Waals surface area contributed by atoms with E-state index in [0.717, 1.165) is 0 Å². The molecular weight excluding hydrogens is 293 g/mol. The van der Waals surface area contributed by atoms with E-state index in [1.54, 1.807) is 0 Å². The fraction of sp³-hybridized carbons (Fsp3) is 0.286. The summed E-state index contributed by atoms with van der Waals surface area (Å²) >= 11 is 1.49. The van der Waals surface area contributed by atoms with Crippen molar-refractivity contribution < 1.29 is 14.0 Å². The van der Waals surface area contributed by atoms with Crippen LogP contribution in [0.1, 0.15) is 0 Å². The molecule has 0 saturated carbocycles. The zero-order valence-electron chi connectivity index (χ0n) is 11.1. The molecule has 21 heavy (non-hydrogen) atoms. The summed E-state index contributed by atoms with van der Waals surface area (Å²) in [5, 5.41) is 5.21. The van der Waals surface area contributed by atoms with Crippen molar-refractivity contribution in [2.24, 2.45) is 0 Å². The van der Waals surface area contributed by atoms with Gasteiger partial charge in [0.15, 0.2) is 0 Å². The third-order valence-electron chi connectivity index (χ3n) is 2.91. The number of nitrogens with one attached hydrogen (secondary N) is 2. The van der Waals surface area contributed by atoms with Crippen molar-refractivity contribution >= 4 is 29.4 Å². The van der Waals surface area contributed by atoms with Crippen molar-refractivity contribution in [3.63, 3.8) is 0 Å². The smallest absolute Gasteiger partial charge is 0.323 e. The molecule has 1 atom stereocenters. The van der Waals surface area contributed by atoms with Gasteiger partial charge in [-0.25, -0.2) is 9.18 Å². The summed E-state index contributed by atoms with van der Waals surface area (Å²) in [6, 6.07) is 4.49. The summed E-state index contributed by atoms with van der Waals surface area (Å²) in [6.45, 7) is 0.132. The number of carbonyl (C=O) groups excluding carboxylic acids is 2. The Morgan fingerprint density at radius 1 is 1.43 bits per heavy atom. The van der Waals surface area contributed by atoms with E-state index in [2.05, 4.69) is 16.6 Å². The van der Waals surface area contributed by atoms with Crippen LogP contribution in [0.2, 0.25) is 0 Å². The second-order valence-electron chi connectivity index (χ2n) is 4.34. The number of amides is 3. The Morgan fingerprint density at radius 3 is 2.81 bits per heavy atom. The van der Waals surface area contributed by atoms with Crippen LogP contribution < -0.4 is 10.6 Å². The molecule has 1 aliphatic rings. The lowest BCUT2D eigenvalue weighted by Gasteiger charge is -2.23. The van der Waals surface area contributed by atoms with E-state index in [-0.39, 0.29) is 18.3 Å². The number of carbonyl (C=O) groups is 2. The predicted molar refractivity (Wildman–Crippen MR) is 80.2 cm³/mol. The highest BCUT2D eigenvalue weighted by Crippen LogP contribution is 2.22. The molecule has 0 aromatic heterocycles. The minimum atomic E-state index is -0.552. The molecule has 5 nitrogen and oxygen atoms in total. The van der Waals surface area contributed by atoms with Gasteiger partial charge in [-0.2, -0.15) is 0 Å². The van der Waals surface area contributed by atoms with Crippen molar-refractivity contribution in [2.45, 2.75) is 6.04 Å². The number of thioether (sulfide) groups is 1. The fourth-order valence-corrected chi connectivity index (χ4v) is 3.00. The van der Waals surface area contributed by atoms with Crippen molar-refractivity contribution in [3.8, 4) is 12.3 Å². The molecule has 0 aliphatic carbocycles.